The van der Waals surface area contributed by atoms with Crippen molar-refractivity contribution in [1.82, 2.24) is 30.9 Å². The summed E-state index contributed by atoms with van der Waals surface area (Å²) in [6.45, 7) is 2.09. The number of hydrogen-bond donors (Lipinski definition) is 3. The number of carbonyl (C=O) groups excluding carboxylic acids is 2. The summed E-state index contributed by atoms with van der Waals surface area (Å²) >= 11 is 0. The van der Waals surface area contributed by atoms with Crippen molar-refractivity contribution in [2.45, 2.75) is 12.5 Å². The van der Waals surface area contributed by atoms with E-state index in [-0.39, 0.29) is 24.4 Å². The summed E-state index contributed by atoms with van der Waals surface area (Å²) in [6.07, 6.45) is 0.881. The lowest BCUT2D eigenvalue weighted by molar-refractivity contribution is -0.130. The molecule has 2 aromatic carbocycles. The third-order valence-corrected chi connectivity index (χ3v) is 4.93. The topological polar surface area (TPSA) is 103 Å². The van der Waals surface area contributed by atoms with Gasteiger partial charge in [0.2, 0.25) is 5.91 Å². The van der Waals surface area contributed by atoms with E-state index >= 15 is 0 Å². The Morgan fingerprint density at radius 3 is 2.79 bits per heavy atom. The molecule has 1 atom stereocenters. The highest BCUT2D eigenvalue weighted by atomic mass is 16.2. The monoisotopic (exact) mass is 378 g/mol. The number of fused-ring (bicyclic) bond motifs is 1. The number of aromatic nitrogens is 3. The van der Waals surface area contributed by atoms with E-state index in [2.05, 4.69) is 38.2 Å². The van der Waals surface area contributed by atoms with Crippen molar-refractivity contribution in [3.63, 3.8) is 0 Å². The van der Waals surface area contributed by atoms with E-state index in [0.717, 1.165) is 18.5 Å². The van der Waals surface area contributed by atoms with Crippen LogP contribution in [-0.4, -0.2) is 58.3 Å². The normalized spacial score (nSPS) is 17.3. The summed E-state index contributed by atoms with van der Waals surface area (Å²) in [6, 6.07) is 15.3. The number of hydrogen-bond acceptors (Lipinski definition) is 5. The Labute approximate surface area is 162 Å². The first-order valence-electron chi connectivity index (χ1n) is 9.35. The number of nitrogens with zero attached hydrogens (tertiary/aromatic N) is 3. The molecule has 0 radical (unpaired) electrons. The van der Waals surface area contributed by atoms with Crippen LogP contribution in [0, 0.1) is 0 Å². The van der Waals surface area contributed by atoms with E-state index in [0.29, 0.717) is 29.7 Å². The van der Waals surface area contributed by atoms with Gasteiger partial charge in [-0.3, -0.25) is 9.59 Å². The van der Waals surface area contributed by atoms with Gasteiger partial charge in [0.25, 0.3) is 5.91 Å². The van der Waals surface area contributed by atoms with Gasteiger partial charge in [-0.05, 0) is 36.7 Å². The molecule has 4 rings (SSSR count). The van der Waals surface area contributed by atoms with Crippen LogP contribution >= 0.6 is 0 Å². The van der Waals surface area contributed by atoms with Gasteiger partial charge >= 0.3 is 0 Å². The molecule has 3 aromatic rings. The van der Waals surface area contributed by atoms with E-state index < -0.39 is 0 Å². The van der Waals surface area contributed by atoms with Gasteiger partial charge in [0, 0.05) is 24.7 Å². The summed E-state index contributed by atoms with van der Waals surface area (Å²) < 4.78 is 0. The number of amides is 2. The SMILES string of the molecule is O=C(NCC(=O)N1CCCNC(c2ccccc2)C1)c1ccc2n[nH]nc2c1. The molecule has 1 aromatic heterocycles. The molecular formula is C20H22N6O2. The highest BCUT2D eigenvalue weighted by Crippen LogP contribution is 2.17. The Hall–Kier alpha value is -3.26. The fourth-order valence-corrected chi connectivity index (χ4v) is 3.41. The van der Waals surface area contributed by atoms with Crippen LogP contribution in [0.3, 0.4) is 0 Å². The zero-order valence-electron chi connectivity index (χ0n) is 15.4. The molecule has 2 amide bonds. The van der Waals surface area contributed by atoms with Crippen LogP contribution in [-0.2, 0) is 4.79 Å². The minimum atomic E-state index is -0.300. The molecular weight excluding hydrogens is 356 g/mol. The zero-order valence-corrected chi connectivity index (χ0v) is 15.4. The zero-order chi connectivity index (χ0) is 19.3. The van der Waals surface area contributed by atoms with Crippen molar-refractivity contribution in [1.29, 1.82) is 0 Å². The molecule has 0 aliphatic carbocycles. The molecule has 144 valence electrons. The molecule has 2 heterocycles. The number of aromatic amines is 1. The highest BCUT2D eigenvalue weighted by Gasteiger charge is 2.23. The first-order chi connectivity index (χ1) is 13.7. The van der Waals surface area contributed by atoms with Crippen LogP contribution in [0.25, 0.3) is 11.0 Å². The van der Waals surface area contributed by atoms with Crippen molar-refractivity contribution in [2.24, 2.45) is 0 Å². The lowest BCUT2D eigenvalue weighted by Gasteiger charge is -2.25. The molecule has 1 aliphatic rings. The van der Waals surface area contributed by atoms with Crippen LogP contribution in [0.1, 0.15) is 28.4 Å². The Kier molecular flexibility index (Phi) is 5.29. The highest BCUT2D eigenvalue weighted by molar-refractivity contribution is 5.98. The fraction of sp³-hybridized carbons (Fsp3) is 0.300. The first-order valence-corrected chi connectivity index (χ1v) is 9.35. The summed E-state index contributed by atoms with van der Waals surface area (Å²) in [4.78, 5) is 26.9. The van der Waals surface area contributed by atoms with Gasteiger partial charge in [-0.25, -0.2) is 0 Å². The largest absolute Gasteiger partial charge is 0.343 e. The van der Waals surface area contributed by atoms with Crippen molar-refractivity contribution < 1.29 is 9.59 Å². The van der Waals surface area contributed by atoms with Gasteiger partial charge in [-0.15, -0.1) is 0 Å². The molecule has 0 saturated carbocycles. The second-order valence-electron chi connectivity index (χ2n) is 6.82. The van der Waals surface area contributed by atoms with Crippen molar-refractivity contribution in [2.75, 3.05) is 26.2 Å². The maximum atomic E-state index is 12.7. The second kappa shape index (κ2) is 8.18. The predicted octanol–water partition coefficient (Wildman–Crippen LogP) is 1.25. The van der Waals surface area contributed by atoms with Crippen LogP contribution < -0.4 is 10.6 Å². The third kappa shape index (κ3) is 4.01. The fourth-order valence-electron chi connectivity index (χ4n) is 3.41. The summed E-state index contributed by atoms with van der Waals surface area (Å²) in [5.41, 5.74) is 2.92. The number of H-pyrrole nitrogens is 1. The molecule has 0 spiro atoms. The average Bonchev–Trinajstić information content (AvgIpc) is 3.07. The molecule has 1 unspecified atom stereocenters. The smallest absolute Gasteiger partial charge is 0.251 e. The lowest BCUT2D eigenvalue weighted by Crippen LogP contribution is -2.42. The van der Waals surface area contributed by atoms with E-state index in [1.165, 1.54) is 0 Å². The van der Waals surface area contributed by atoms with E-state index in [9.17, 15) is 9.59 Å². The summed E-state index contributed by atoms with van der Waals surface area (Å²) in [5, 5.41) is 16.7. The number of carbonyl (C=O) groups is 2. The van der Waals surface area contributed by atoms with Crippen LogP contribution in [0.4, 0.5) is 0 Å². The molecule has 8 heteroatoms. The Balaban J connectivity index is 1.37. The number of nitrogens with one attached hydrogen (secondary N) is 3. The second-order valence-corrected chi connectivity index (χ2v) is 6.82. The average molecular weight is 378 g/mol. The molecule has 1 fully saturated rings. The standard InChI is InChI=1S/C20H22N6O2/c27-19(12-22-20(28)15-7-8-16-17(11-15)24-25-23-16)26-10-4-9-21-18(13-26)14-5-2-1-3-6-14/h1-3,5-8,11,18,21H,4,9-10,12-13H2,(H,22,28)(H,23,24,25). The van der Waals surface area contributed by atoms with Crippen LogP contribution in [0.15, 0.2) is 48.5 Å². The van der Waals surface area contributed by atoms with Crippen LogP contribution in [0.5, 0.6) is 0 Å². The van der Waals surface area contributed by atoms with Gasteiger partial charge in [-0.2, -0.15) is 15.4 Å². The van der Waals surface area contributed by atoms with Gasteiger partial charge in [0.05, 0.1) is 6.54 Å². The van der Waals surface area contributed by atoms with E-state index in [1.807, 2.05) is 23.1 Å². The van der Waals surface area contributed by atoms with E-state index in [1.54, 1.807) is 18.2 Å². The van der Waals surface area contributed by atoms with Crippen molar-refractivity contribution in [3.8, 4) is 0 Å². The van der Waals surface area contributed by atoms with Crippen molar-refractivity contribution >= 4 is 22.8 Å². The summed E-state index contributed by atoms with van der Waals surface area (Å²) in [5.74, 6) is -0.383. The number of benzene rings is 2. The molecule has 28 heavy (non-hydrogen) atoms. The van der Waals surface area contributed by atoms with Crippen LogP contribution in [0.2, 0.25) is 0 Å². The third-order valence-electron chi connectivity index (χ3n) is 4.93. The lowest BCUT2D eigenvalue weighted by atomic mass is 10.1. The molecule has 3 N–H and O–H groups in total. The van der Waals surface area contributed by atoms with Gasteiger partial charge in [0.1, 0.15) is 11.0 Å². The first kappa shape index (κ1) is 18.1. The minimum absolute atomic E-state index is 0.0306. The minimum Gasteiger partial charge on any atom is -0.343 e. The van der Waals surface area contributed by atoms with Crippen molar-refractivity contribution in [3.05, 3.63) is 59.7 Å². The maximum Gasteiger partial charge on any atom is 0.251 e. The van der Waals surface area contributed by atoms with Gasteiger partial charge in [-0.1, -0.05) is 30.3 Å². The van der Waals surface area contributed by atoms with Gasteiger partial charge in [0.15, 0.2) is 0 Å². The molecule has 0 bridgehead atoms. The van der Waals surface area contributed by atoms with E-state index in [4.69, 9.17) is 0 Å². The predicted molar refractivity (Wildman–Crippen MR) is 105 cm³/mol. The van der Waals surface area contributed by atoms with Gasteiger partial charge < -0.3 is 15.5 Å². The summed E-state index contributed by atoms with van der Waals surface area (Å²) in [7, 11) is 0. The molecule has 1 aliphatic heterocycles. The Bertz CT molecular complexity index is 971. The quantitative estimate of drug-likeness (QED) is 0.634. The Morgan fingerprint density at radius 2 is 1.93 bits per heavy atom. The number of rotatable bonds is 4. The Morgan fingerprint density at radius 1 is 1.11 bits per heavy atom. The molecule has 8 nitrogen and oxygen atoms in total. The maximum absolute atomic E-state index is 12.7. The molecule has 1 saturated heterocycles.